The van der Waals surface area contributed by atoms with Gasteiger partial charge in [-0.2, -0.15) is 4.98 Å². The Bertz CT molecular complexity index is 553. The molecule has 0 spiro atoms. The van der Waals surface area contributed by atoms with Crippen molar-refractivity contribution in [1.29, 1.82) is 0 Å². The number of rotatable bonds is 6. The number of hydrogen-bond donors (Lipinski definition) is 1. The van der Waals surface area contributed by atoms with Crippen LogP contribution in [0.2, 0.25) is 0 Å². The predicted octanol–water partition coefficient (Wildman–Crippen LogP) is 4.00. The lowest BCUT2D eigenvalue weighted by molar-refractivity contribution is 0.212. The second-order valence-electron chi connectivity index (χ2n) is 4.69. The minimum Gasteiger partial charge on any atom is -0.474 e. The fraction of sp³-hybridized carbons (Fsp3) is 0.571. The van der Waals surface area contributed by atoms with Crippen LogP contribution in [-0.4, -0.2) is 22.6 Å². The summed E-state index contributed by atoms with van der Waals surface area (Å²) in [5.41, 5.74) is 0. The van der Waals surface area contributed by atoms with E-state index in [0.717, 1.165) is 29.6 Å². The van der Waals surface area contributed by atoms with Crippen molar-refractivity contribution >= 4 is 27.5 Å². The van der Waals surface area contributed by atoms with Crippen LogP contribution in [0.4, 0.5) is 5.95 Å². The summed E-state index contributed by atoms with van der Waals surface area (Å²) < 4.78 is 5.93. The molecule has 2 aromatic heterocycles. The number of thiophene rings is 1. The molecule has 0 saturated heterocycles. The van der Waals surface area contributed by atoms with E-state index in [1.165, 1.54) is 4.88 Å². The molecule has 0 bridgehead atoms. The van der Waals surface area contributed by atoms with Crippen LogP contribution in [0, 0.1) is 6.92 Å². The van der Waals surface area contributed by atoms with Gasteiger partial charge >= 0.3 is 0 Å². The standard InChI is InChI=1S/C14H21N3OS/c1-5-7-15-14-16-12(18-9(3)6-2)11-8-10(4)19-13(11)17-14/h8-9H,5-7H2,1-4H3,(H,15,16,17). The van der Waals surface area contributed by atoms with E-state index in [2.05, 4.69) is 49.0 Å². The Morgan fingerprint density at radius 1 is 1.37 bits per heavy atom. The Hall–Kier alpha value is -1.36. The SMILES string of the molecule is CCCNc1nc(OC(C)CC)c2cc(C)sc2n1. The smallest absolute Gasteiger partial charge is 0.227 e. The number of anilines is 1. The maximum absolute atomic E-state index is 5.93. The van der Waals surface area contributed by atoms with Crippen molar-refractivity contribution in [1.82, 2.24) is 9.97 Å². The van der Waals surface area contributed by atoms with Crippen molar-refractivity contribution in [2.45, 2.75) is 46.6 Å². The molecule has 5 heteroatoms. The molecule has 1 atom stereocenters. The molecule has 0 fully saturated rings. The van der Waals surface area contributed by atoms with Crippen LogP contribution in [0.25, 0.3) is 10.2 Å². The lowest BCUT2D eigenvalue weighted by atomic mass is 10.3. The van der Waals surface area contributed by atoms with Gasteiger partial charge in [-0.25, -0.2) is 4.98 Å². The van der Waals surface area contributed by atoms with Crippen molar-refractivity contribution in [3.05, 3.63) is 10.9 Å². The lowest BCUT2D eigenvalue weighted by Gasteiger charge is -2.13. The van der Waals surface area contributed by atoms with E-state index < -0.39 is 0 Å². The minimum absolute atomic E-state index is 0.164. The molecule has 2 aromatic rings. The van der Waals surface area contributed by atoms with Gasteiger partial charge in [-0.15, -0.1) is 11.3 Å². The average molecular weight is 279 g/mol. The zero-order valence-corrected chi connectivity index (χ0v) is 12.8. The highest BCUT2D eigenvalue weighted by Crippen LogP contribution is 2.31. The van der Waals surface area contributed by atoms with E-state index in [1.807, 2.05) is 0 Å². The van der Waals surface area contributed by atoms with Gasteiger partial charge in [-0.05, 0) is 32.8 Å². The molecule has 0 amide bonds. The van der Waals surface area contributed by atoms with Crippen molar-refractivity contribution < 1.29 is 4.74 Å². The maximum Gasteiger partial charge on any atom is 0.227 e. The third kappa shape index (κ3) is 3.35. The Balaban J connectivity index is 2.39. The quantitative estimate of drug-likeness (QED) is 0.868. The zero-order valence-electron chi connectivity index (χ0n) is 12.0. The van der Waals surface area contributed by atoms with Gasteiger partial charge in [0.15, 0.2) is 0 Å². The van der Waals surface area contributed by atoms with Crippen molar-refractivity contribution in [3.63, 3.8) is 0 Å². The second-order valence-corrected chi connectivity index (χ2v) is 5.93. The first kappa shape index (κ1) is 14.1. The summed E-state index contributed by atoms with van der Waals surface area (Å²) in [7, 11) is 0. The molecule has 1 unspecified atom stereocenters. The summed E-state index contributed by atoms with van der Waals surface area (Å²) in [5.74, 6) is 1.36. The maximum atomic E-state index is 5.93. The Morgan fingerprint density at radius 2 is 2.16 bits per heavy atom. The molecule has 2 rings (SSSR count). The van der Waals surface area contributed by atoms with E-state index in [0.29, 0.717) is 11.8 Å². The van der Waals surface area contributed by atoms with Crippen LogP contribution >= 0.6 is 11.3 Å². The topological polar surface area (TPSA) is 47.0 Å². The predicted molar refractivity (Wildman–Crippen MR) is 81.3 cm³/mol. The number of fused-ring (bicyclic) bond motifs is 1. The Morgan fingerprint density at radius 3 is 2.84 bits per heavy atom. The van der Waals surface area contributed by atoms with E-state index in [-0.39, 0.29) is 6.10 Å². The van der Waals surface area contributed by atoms with Crippen molar-refractivity contribution in [2.75, 3.05) is 11.9 Å². The third-order valence-electron chi connectivity index (χ3n) is 2.90. The van der Waals surface area contributed by atoms with Gasteiger partial charge in [0.05, 0.1) is 11.5 Å². The number of ether oxygens (including phenoxy) is 1. The molecule has 0 aromatic carbocycles. The highest BCUT2D eigenvalue weighted by Gasteiger charge is 2.13. The average Bonchev–Trinajstić information content (AvgIpc) is 2.76. The fourth-order valence-corrected chi connectivity index (χ4v) is 2.57. The molecular formula is C14H21N3OS. The Labute approximate surface area is 118 Å². The van der Waals surface area contributed by atoms with Gasteiger partial charge in [0.2, 0.25) is 11.8 Å². The van der Waals surface area contributed by atoms with E-state index in [1.54, 1.807) is 11.3 Å². The summed E-state index contributed by atoms with van der Waals surface area (Å²) >= 11 is 1.68. The van der Waals surface area contributed by atoms with Gasteiger partial charge in [-0.1, -0.05) is 13.8 Å². The summed E-state index contributed by atoms with van der Waals surface area (Å²) in [6, 6.07) is 2.10. The highest BCUT2D eigenvalue weighted by atomic mass is 32.1. The number of aryl methyl sites for hydroxylation is 1. The highest BCUT2D eigenvalue weighted by molar-refractivity contribution is 7.18. The van der Waals surface area contributed by atoms with Crippen LogP contribution in [0.1, 0.15) is 38.5 Å². The number of aromatic nitrogens is 2. The molecular weight excluding hydrogens is 258 g/mol. The summed E-state index contributed by atoms with van der Waals surface area (Å²) in [5, 5.41) is 4.25. The molecule has 104 valence electrons. The summed E-state index contributed by atoms with van der Waals surface area (Å²) in [4.78, 5) is 11.3. The van der Waals surface area contributed by atoms with Crippen LogP contribution in [-0.2, 0) is 0 Å². The molecule has 2 heterocycles. The lowest BCUT2D eigenvalue weighted by Crippen LogP contribution is -2.12. The van der Waals surface area contributed by atoms with Crippen LogP contribution < -0.4 is 10.1 Å². The molecule has 4 nitrogen and oxygen atoms in total. The van der Waals surface area contributed by atoms with Crippen molar-refractivity contribution in [3.8, 4) is 5.88 Å². The minimum atomic E-state index is 0.164. The second kappa shape index (κ2) is 6.19. The molecule has 0 aliphatic heterocycles. The third-order valence-corrected chi connectivity index (χ3v) is 3.85. The van der Waals surface area contributed by atoms with E-state index in [9.17, 15) is 0 Å². The van der Waals surface area contributed by atoms with Crippen LogP contribution in [0.3, 0.4) is 0 Å². The molecule has 1 N–H and O–H groups in total. The van der Waals surface area contributed by atoms with Gasteiger partial charge < -0.3 is 10.1 Å². The van der Waals surface area contributed by atoms with Gasteiger partial charge in [0, 0.05) is 11.4 Å². The molecule has 0 aliphatic rings. The normalized spacial score (nSPS) is 12.6. The Kier molecular flexibility index (Phi) is 4.58. The van der Waals surface area contributed by atoms with Gasteiger partial charge in [0.1, 0.15) is 4.83 Å². The van der Waals surface area contributed by atoms with Gasteiger partial charge in [-0.3, -0.25) is 0 Å². The zero-order chi connectivity index (χ0) is 13.8. The van der Waals surface area contributed by atoms with Crippen LogP contribution in [0.15, 0.2) is 6.07 Å². The number of nitrogens with zero attached hydrogens (tertiary/aromatic N) is 2. The first-order chi connectivity index (χ1) is 9.13. The molecule has 0 radical (unpaired) electrons. The van der Waals surface area contributed by atoms with E-state index in [4.69, 9.17) is 4.74 Å². The summed E-state index contributed by atoms with van der Waals surface area (Å²) in [6.45, 7) is 9.25. The van der Waals surface area contributed by atoms with Crippen LogP contribution in [0.5, 0.6) is 5.88 Å². The first-order valence-electron chi connectivity index (χ1n) is 6.82. The van der Waals surface area contributed by atoms with Gasteiger partial charge in [0.25, 0.3) is 0 Å². The number of hydrogen-bond acceptors (Lipinski definition) is 5. The molecule has 0 saturated carbocycles. The first-order valence-corrected chi connectivity index (χ1v) is 7.64. The van der Waals surface area contributed by atoms with Crippen molar-refractivity contribution in [2.24, 2.45) is 0 Å². The molecule has 19 heavy (non-hydrogen) atoms. The molecule has 0 aliphatic carbocycles. The van der Waals surface area contributed by atoms with E-state index >= 15 is 0 Å². The fourth-order valence-electron chi connectivity index (χ4n) is 1.70. The number of nitrogens with one attached hydrogen (secondary N) is 1. The largest absolute Gasteiger partial charge is 0.474 e. The summed E-state index contributed by atoms with van der Waals surface area (Å²) in [6.07, 6.45) is 2.18. The monoisotopic (exact) mass is 279 g/mol.